The monoisotopic (exact) mass is 728 g/mol. The van der Waals surface area contributed by atoms with Gasteiger partial charge in [0, 0.05) is 32.7 Å². The highest BCUT2D eigenvalue weighted by molar-refractivity contribution is 6.22. The van der Waals surface area contributed by atoms with E-state index in [-0.39, 0.29) is 5.41 Å². The largest absolute Gasteiger partial charge is 0.464 e. The van der Waals surface area contributed by atoms with Gasteiger partial charge in [0.15, 0.2) is 0 Å². The number of furan rings is 2. The number of hydrogen-bond donors (Lipinski definition) is 0. The Morgan fingerprint density at radius 3 is 1.61 bits per heavy atom. The van der Waals surface area contributed by atoms with Crippen LogP contribution in [-0.4, -0.2) is 0 Å². The summed E-state index contributed by atoms with van der Waals surface area (Å²) >= 11 is 0. The number of para-hydroxylation sites is 1. The van der Waals surface area contributed by atoms with Crippen LogP contribution in [0.15, 0.2) is 191 Å². The summed E-state index contributed by atoms with van der Waals surface area (Å²) in [5, 5.41) is 8.33. The standard InChI is InChI=1S/C55H36O2/c1-55(2)47-21-11-9-20-45(47)53-48(55)30-29-44-39-28-27-35(31-50(39)57-54(44)53)52-42-18-7-5-16-40(42)51(41-17-6-8-19-43(41)52)34-25-23-33(24-26-34)36-13-3-4-14-37(36)46-32-56-49-22-12-10-15-38(46)49/h3-32H,1-2H3. The first-order valence-corrected chi connectivity index (χ1v) is 19.7. The van der Waals surface area contributed by atoms with Gasteiger partial charge in [-0.1, -0.05) is 172 Å². The summed E-state index contributed by atoms with van der Waals surface area (Å²) in [5.41, 5.74) is 17.3. The maximum Gasteiger partial charge on any atom is 0.143 e. The van der Waals surface area contributed by atoms with Crippen LogP contribution in [0.1, 0.15) is 25.0 Å². The van der Waals surface area contributed by atoms with E-state index in [1.165, 1.54) is 71.6 Å². The number of rotatable bonds is 4. The molecule has 268 valence electrons. The van der Waals surface area contributed by atoms with Crippen molar-refractivity contribution in [3.05, 3.63) is 193 Å². The van der Waals surface area contributed by atoms with Gasteiger partial charge in [-0.05, 0) is 95.4 Å². The second-order valence-corrected chi connectivity index (χ2v) is 16.0. The first kappa shape index (κ1) is 32.1. The fraction of sp³-hybridized carbons (Fsp3) is 0.0545. The van der Waals surface area contributed by atoms with E-state index in [1.807, 2.05) is 18.4 Å². The molecule has 11 aromatic rings. The number of benzene rings is 9. The van der Waals surface area contributed by atoms with Gasteiger partial charge >= 0.3 is 0 Å². The van der Waals surface area contributed by atoms with Crippen molar-refractivity contribution in [2.24, 2.45) is 0 Å². The highest BCUT2D eigenvalue weighted by atomic mass is 16.3. The molecular weight excluding hydrogens is 693 g/mol. The molecule has 2 heteroatoms. The molecule has 0 spiro atoms. The molecule has 0 aliphatic heterocycles. The third-order valence-corrected chi connectivity index (χ3v) is 12.6. The van der Waals surface area contributed by atoms with Crippen LogP contribution in [0.2, 0.25) is 0 Å². The van der Waals surface area contributed by atoms with Crippen molar-refractivity contribution in [3.63, 3.8) is 0 Å². The first-order valence-electron chi connectivity index (χ1n) is 19.7. The molecule has 0 radical (unpaired) electrons. The normalized spacial score (nSPS) is 13.2. The molecule has 9 aromatic carbocycles. The summed E-state index contributed by atoms with van der Waals surface area (Å²) in [6.45, 7) is 4.64. The van der Waals surface area contributed by atoms with Crippen molar-refractivity contribution >= 4 is 54.5 Å². The Bertz CT molecular complexity index is 3370. The van der Waals surface area contributed by atoms with Crippen LogP contribution in [0, 0.1) is 0 Å². The van der Waals surface area contributed by atoms with E-state index >= 15 is 0 Å². The Balaban J connectivity index is 1.01. The zero-order valence-corrected chi connectivity index (χ0v) is 31.6. The minimum atomic E-state index is -0.0791. The summed E-state index contributed by atoms with van der Waals surface area (Å²) in [5.74, 6) is 0. The Morgan fingerprint density at radius 2 is 0.895 bits per heavy atom. The predicted octanol–water partition coefficient (Wildman–Crippen LogP) is 15.6. The number of hydrogen-bond acceptors (Lipinski definition) is 2. The molecule has 1 aliphatic carbocycles. The molecule has 12 rings (SSSR count). The van der Waals surface area contributed by atoms with Crippen LogP contribution in [-0.2, 0) is 5.41 Å². The molecule has 2 aromatic heterocycles. The minimum Gasteiger partial charge on any atom is -0.464 e. The smallest absolute Gasteiger partial charge is 0.143 e. The summed E-state index contributed by atoms with van der Waals surface area (Å²) in [4.78, 5) is 0. The zero-order chi connectivity index (χ0) is 37.8. The molecule has 0 amide bonds. The van der Waals surface area contributed by atoms with Crippen LogP contribution in [0.25, 0.3) is 110 Å². The van der Waals surface area contributed by atoms with Crippen molar-refractivity contribution in [2.75, 3.05) is 0 Å². The number of fused-ring (bicyclic) bond motifs is 10. The van der Waals surface area contributed by atoms with Crippen LogP contribution in [0.3, 0.4) is 0 Å². The minimum absolute atomic E-state index is 0.0791. The van der Waals surface area contributed by atoms with E-state index in [0.29, 0.717) is 0 Å². The highest BCUT2D eigenvalue weighted by Crippen LogP contribution is 2.53. The van der Waals surface area contributed by atoms with Gasteiger partial charge in [0.2, 0.25) is 0 Å². The van der Waals surface area contributed by atoms with E-state index < -0.39 is 0 Å². The van der Waals surface area contributed by atoms with Crippen molar-refractivity contribution < 1.29 is 8.83 Å². The van der Waals surface area contributed by atoms with Gasteiger partial charge in [-0.2, -0.15) is 0 Å². The van der Waals surface area contributed by atoms with Crippen LogP contribution in [0.4, 0.5) is 0 Å². The third kappa shape index (κ3) is 4.59. The third-order valence-electron chi connectivity index (χ3n) is 12.6. The molecule has 2 nitrogen and oxygen atoms in total. The van der Waals surface area contributed by atoms with Crippen LogP contribution in [0.5, 0.6) is 0 Å². The zero-order valence-electron chi connectivity index (χ0n) is 31.6. The maximum atomic E-state index is 6.92. The van der Waals surface area contributed by atoms with Gasteiger partial charge in [0.25, 0.3) is 0 Å². The molecule has 1 aliphatic rings. The van der Waals surface area contributed by atoms with Crippen LogP contribution < -0.4 is 0 Å². The molecule has 2 heterocycles. The molecular formula is C55H36O2. The van der Waals surface area contributed by atoms with E-state index in [0.717, 1.165) is 49.6 Å². The van der Waals surface area contributed by atoms with Crippen molar-refractivity contribution in [2.45, 2.75) is 19.3 Å². The fourth-order valence-corrected chi connectivity index (χ4v) is 9.90. The lowest BCUT2D eigenvalue weighted by Crippen LogP contribution is -2.14. The second kappa shape index (κ2) is 11.9. The lowest BCUT2D eigenvalue weighted by molar-refractivity contribution is 0.617. The predicted molar refractivity (Wildman–Crippen MR) is 238 cm³/mol. The van der Waals surface area contributed by atoms with Gasteiger partial charge in [0.1, 0.15) is 16.7 Å². The molecule has 0 unspecified atom stereocenters. The van der Waals surface area contributed by atoms with Gasteiger partial charge in [-0.25, -0.2) is 0 Å². The van der Waals surface area contributed by atoms with E-state index in [9.17, 15) is 0 Å². The van der Waals surface area contributed by atoms with E-state index in [2.05, 4.69) is 178 Å². The maximum absolute atomic E-state index is 6.92. The molecule has 57 heavy (non-hydrogen) atoms. The van der Waals surface area contributed by atoms with Gasteiger partial charge in [-0.15, -0.1) is 0 Å². The molecule has 0 fully saturated rings. The Hall–Kier alpha value is -7.16. The van der Waals surface area contributed by atoms with Gasteiger partial charge < -0.3 is 8.83 Å². The van der Waals surface area contributed by atoms with Crippen molar-refractivity contribution in [1.82, 2.24) is 0 Å². The first-order chi connectivity index (χ1) is 28.0. The quantitative estimate of drug-likeness (QED) is 0.169. The second-order valence-electron chi connectivity index (χ2n) is 16.0. The lowest BCUT2D eigenvalue weighted by atomic mass is 9.82. The Kier molecular flexibility index (Phi) is 6.72. The molecule has 0 bridgehead atoms. The van der Waals surface area contributed by atoms with Gasteiger partial charge in [0.05, 0.1) is 6.26 Å². The molecule has 0 atom stereocenters. The highest BCUT2D eigenvalue weighted by Gasteiger charge is 2.37. The van der Waals surface area contributed by atoms with E-state index in [4.69, 9.17) is 8.83 Å². The topological polar surface area (TPSA) is 26.3 Å². The molecule has 0 N–H and O–H groups in total. The summed E-state index contributed by atoms with van der Waals surface area (Å²) in [6.07, 6.45) is 1.88. The summed E-state index contributed by atoms with van der Waals surface area (Å²) < 4.78 is 12.9. The lowest BCUT2D eigenvalue weighted by Gasteiger charge is -2.21. The SMILES string of the molecule is CC1(C)c2ccccc2-c2c1ccc1c2oc2cc(-c3c4ccccc4c(-c4ccc(-c5ccccc5-c5coc6ccccc56)cc4)c4ccccc34)ccc21. The van der Waals surface area contributed by atoms with Crippen molar-refractivity contribution in [1.29, 1.82) is 0 Å². The van der Waals surface area contributed by atoms with E-state index in [1.54, 1.807) is 0 Å². The summed E-state index contributed by atoms with van der Waals surface area (Å²) in [7, 11) is 0. The molecule has 0 saturated carbocycles. The van der Waals surface area contributed by atoms with Crippen LogP contribution >= 0.6 is 0 Å². The summed E-state index contributed by atoms with van der Waals surface area (Å²) in [6, 6.07) is 63.9. The molecule has 0 saturated heterocycles. The fourth-order valence-electron chi connectivity index (χ4n) is 9.90. The van der Waals surface area contributed by atoms with Gasteiger partial charge in [-0.3, -0.25) is 0 Å². The Labute approximate surface area is 330 Å². The average Bonchev–Trinajstić information content (AvgIpc) is 3.93. The average molecular weight is 729 g/mol. The Morgan fingerprint density at radius 1 is 0.351 bits per heavy atom. The van der Waals surface area contributed by atoms with Crippen molar-refractivity contribution in [3.8, 4) is 55.6 Å².